The summed E-state index contributed by atoms with van der Waals surface area (Å²) in [7, 11) is 0. The molecule has 0 atom stereocenters. The van der Waals surface area contributed by atoms with Crippen molar-refractivity contribution in [1.29, 1.82) is 0 Å². The Hall–Kier alpha value is -3.42. The molecule has 3 heterocycles. The van der Waals surface area contributed by atoms with Crippen molar-refractivity contribution in [1.82, 2.24) is 25.0 Å². The molecule has 26 heavy (non-hydrogen) atoms. The highest BCUT2D eigenvalue weighted by Crippen LogP contribution is 2.22. The maximum Gasteiger partial charge on any atom is 0.276 e. The molecule has 0 aliphatic carbocycles. The zero-order valence-electron chi connectivity index (χ0n) is 14.9. The highest BCUT2D eigenvalue weighted by molar-refractivity contribution is 6.01. The third-order valence-electron chi connectivity index (χ3n) is 4.41. The van der Waals surface area contributed by atoms with E-state index in [9.17, 15) is 4.79 Å². The van der Waals surface area contributed by atoms with Crippen LogP contribution in [-0.4, -0.2) is 30.9 Å². The number of benzene rings is 1. The SMILES string of the molecule is Cc1cc2nc(-c3ccn(NC(=O)c4c(C)noc4C)n3)[nH]c2cc1C. The minimum atomic E-state index is -0.327. The monoisotopic (exact) mass is 350 g/mol. The number of aryl methyl sites for hydroxylation is 4. The van der Waals surface area contributed by atoms with E-state index in [0.717, 1.165) is 11.0 Å². The van der Waals surface area contributed by atoms with Gasteiger partial charge in [-0.1, -0.05) is 5.16 Å². The largest absolute Gasteiger partial charge is 0.361 e. The Labute approximate surface area is 149 Å². The molecule has 0 saturated heterocycles. The Morgan fingerprint density at radius 3 is 2.69 bits per heavy atom. The maximum atomic E-state index is 12.4. The van der Waals surface area contributed by atoms with Crippen LogP contribution in [0.15, 0.2) is 28.9 Å². The summed E-state index contributed by atoms with van der Waals surface area (Å²) in [6, 6.07) is 5.89. The molecule has 8 heteroatoms. The maximum absolute atomic E-state index is 12.4. The number of rotatable bonds is 3. The second-order valence-electron chi connectivity index (χ2n) is 6.32. The first-order valence-electron chi connectivity index (χ1n) is 8.19. The third-order valence-corrected chi connectivity index (χ3v) is 4.41. The number of carbonyl (C=O) groups excluding carboxylic acids is 1. The fourth-order valence-electron chi connectivity index (χ4n) is 2.87. The van der Waals surface area contributed by atoms with E-state index in [2.05, 4.69) is 45.6 Å². The minimum absolute atomic E-state index is 0.327. The Bertz CT molecular complexity index is 1080. The summed E-state index contributed by atoms with van der Waals surface area (Å²) in [5.41, 5.74) is 8.51. The van der Waals surface area contributed by atoms with Crippen LogP contribution in [0.5, 0.6) is 0 Å². The Balaban J connectivity index is 1.61. The molecule has 1 amide bonds. The van der Waals surface area contributed by atoms with Crippen molar-refractivity contribution >= 4 is 16.9 Å². The second kappa shape index (κ2) is 5.83. The van der Waals surface area contributed by atoms with Crippen molar-refractivity contribution < 1.29 is 9.32 Å². The van der Waals surface area contributed by atoms with Gasteiger partial charge in [0.15, 0.2) is 5.82 Å². The summed E-state index contributed by atoms with van der Waals surface area (Å²) in [5.74, 6) is 0.789. The molecule has 3 aromatic heterocycles. The van der Waals surface area contributed by atoms with E-state index in [1.165, 1.54) is 15.9 Å². The van der Waals surface area contributed by atoms with Crippen molar-refractivity contribution in [2.24, 2.45) is 0 Å². The number of nitrogens with zero attached hydrogens (tertiary/aromatic N) is 4. The van der Waals surface area contributed by atoms with Crippen LogP contribution in [0.2, 0.25) is 0 Å². The summed E-state index contributed by atoms with van der Waals surface area (Å²) >= 11 is 0. The Morgan fingerprint density at radius 1 is 1.19 bits per heavy atom. The lowest BCUT2D eigenvalue weighted by atomic mass is 10.1. The number of aromatic amines is 1. The van der Waals surface area contributed by atoms with Crippen molar-refractivity contribution in [3.63, 3.8) is 0 Å². The van der Waals surface area contributed by atoms with Gasteiger partial charge in [-0.2, -0.15) is 4.79 Å². The van der Waals surface area contributed by atoms with Crippen LogP contribution in [0, 0.1) is 27.7 Å². The molecule has 0 aliphatic heterocycles. The van der Waals surface area contributed by atoms with Crippen LogP contribution in [0.25, 0.3) is 22.6 Å². The van der Waals surface area contributed by atoms with Gasteiger partial charge in [-0.3, -0.25) is 4.79 Å². The van der Waals surface area contributed by atoms with Crippen LogP contribution >= 0.6 is 0 Å². The van der Waals surface area contributed by atoms with Gasteiger partial charge < -0.3 is 9.51 Å². The van der Waals surface area contributed by atoms with Gasteiger partial charge in [-0.25, -0.2) is 10.4 Å². The van der Waals surface area contributed by atoms with Gasteiger partial charge in [-0.05, 0) is 57.0 Å². The van der Waals surface area contributed by atoms with Gasteiger partial charge in [0.05, 0.1) is 16.7 Å². The average molecular weight is 350 g/mol. The molecule has 8 nitrogen and oxygen atoms in total. The van der Waals surface area contributed by atoms with Gasteiger partial charge in [0, 0.05) is 6.20 Å². The predicted octanol–water partition coefficient (Wildman–Crippen LogP) is 3.03. The highest BCUT2D eigenvalue weighted by Gasteiger charge is 2.18. The Kier molecular flexibility index (Phi) is 3.61. The highest BCUT2D eigenvalue weighted by atomic mass is 16.5. The molecule has 2 N–H and O–H groups in total. The molecule has 4 aromatic rings. The zero-order valence-corrected chi connectivity index (χ0v) is 14.9. The summed E-state index contributed by atoms with van der Waals surface area (Å²) in [6.45, 7) is 7.54. The van der Waals surface area contributed by atoms with Gasteiger partial charge in [-0.15, -0.1) is 5.10 Å². The number of hydrogen-bond acceptors (Lipinski definition) is 5. The molecule has 132 valence electrons. The third kappa shape index (κ3) is 2.65. The van der Waals surface area contributed by atoms with Crippen LogP contribution in [-0.2, 0) is 0 Å². The first-order valence-corrected chi connectivity index (χ1v) is 8.19. The molecule has 0 bridgehead atoms. The number of H-pyrrole nitrogens is 1. The molecule has 0 fully saturated rings. The Morgan fingerprint density at radius 2 is 1.96 bits per heavy atom. The van der Waals surface area contributed by atoms with E-state index < -0.39 is 0 Å². The van der Waals surface area contributed by atoms with Gasteiger partial charge in [0.25, 0.3) is 5.91 Å². The lowest BCUT2D eigenvalue weighted by Gasteiger charge is -2.03. The summed E-state index contributed by atoms with van der Waals surface area (Å²) < 4.78 is 5.03. The van der Waals surface area contributed by atoms with Crippen molar-refractivity contribution in [2.75, 3.05) is 5.43 Å². The number of hydrogen-bond donors (Lipinski definition) is 2. The second-order valence-corrected chi connectivity index (χ2v) is 6.32. The van der Waals surface area contributed by atoms with Crippen molar-refractivity contribution in [3.8, 4) is 11.5 Å². The molecule has 0 spiro atoms. The molecule has 1 aromatic carbocycles. The standard InChI is InChI=1S/C18H18N6O2/c1-9-7-14-15(8-10(9)2)20-17(19-14)13-5-6-24(21-13)22-18(25)16-11(3)23-26-12(16)4/h5-8H,1-4H3,(H,19,20)(H,22,25). The van der Waals surface area contributed by atoms with E-state index in [4.69, 9.17) is 4.52 Å². The van der Waals surface area contributed by atoms with Crippen molar-refractivity contribution in [3.05, 3.63) is 52.5 Å². The predicted molar refractivity (Wildman–Crippen MR) is 96.5 cm³/mol. The average Bonchev–Trinajstić information content (AvgIpc) is 3.27. The molecule has 0 unspecified atom stereocenters. The normalized spacial score (nSPS) is 11.2. The molecule has 0 radical (unpaired) electrons. The first-order chi connectivity index (χ1) is 12.4. The summed E-state index contributed by atoms with van der Waals surface area (Å²) in [5, 5.41) is 8.16. The smallest absolute Gasteiger partial charge is 0.276 e. The lowest BCUT2D eigenvalue weighted by molar-refractivity contribution is 0.100. The van der Waals surface area contributed by atoms with Gasteiger partial charge >= 0.3 is 0 Å². The molecular weight excluding hydrogens is 332 g/mol. The van der Waals surface area contributed by atoms with Crippen LogP contribution in [0.1, 0.15) is 32.9 Å². The van der Waals surface area contributed by atoms with E-state index in [1.54, 1.807) is 26.1 Å². The quantitative estimate of drug-likeness (QED) is 0.591. The fraction of sp³-hybridized carbons (Fsp3) is 0.222. The number of fused-ring (bicyclic) bond motifs is 1. The first kappa shape index (κ1) is 16.1. The summed E-state index contributed by atoms with van der Waals surface area (Å²) in [6.07, 6.45) is 1.66. The van der Waals surface area contributed by atoms with E-state index >= 15 is 0 Å². The van der Waals surface area contributed by atoms with Gasteiger partial charge in [0.2, 0.25) is 0 Å². The topological polar surface area (TPSA) is 102 Å². The molecular formula is C18H18N6O2. The number of nitrogens with one attached hydrogen (secondary N) is 2. The van der Waals surface area contributed by atoms with Crippen LogP contribution < -0.4 is 5.43 Å². The number of aromatic nitrogens is 5. The fourth-order valence-corrected chi connectivity index (χ4v) is 2.87. The number of imidazole rings is 1. The van der Waals surface area contributed by atoms with E-state index in [1.807, 2.05) is 6.07 Å². The minimum Gasteiger partial charge on any atom is -0.361 e. The molecule has 0 aliphatic rings. The van der Waals surface area contributed by atoms with E-state index in [0.29, 0.717) is 28.5 Å². The zero-order chi connectivity index (χ0) is 18.4. The van der Waals surface area contributed by atoms with Crippen LogP contribution in [0.3, 0.4) is 0 Å². The number of amides is 1. The lowest BCUT2D eigenvalue weighted by Crippen LogP contribution is -2.24. The number of carbonyl (C=O) groups is 1. The molecule has 4 rings (SSSR count). The molecule has 0 saturated carbocycles. The summed E-state index contributed by atoms with van der Waals surface area (Å²) in [4.78, 5) is 21.6. The van der Waals surface area contributed by atoms with Gasteiger partial charge in [0.1, 0.15) is 17.0 Å². The van der Waals surface area contributed by atoms with Crippen LogP contribution in [0.4, 0.5) is 0 Å². The van der Waals surface area contributed by atoms with Crippen molar-refractivity contribution in [2.45, 2.75) is 27.7 Å². The van der Waals surface area contributed by atoms with E-state index in [-0.39, 0.29) is 5.91 Å².